The summed E-state index contributed by atoms with van der Waals surface area (Å²) in [5, 5.41) is 9.32. The van der Waals surface area contributed by atoms with E-state index in [1.54, 1.807) is 0 Å². The zero-order valence-electron chi connectivity index (χ0n) is 26.7. The predicted octanol–water partition coefficient (Wildman–Crippen LogP) is 7.72. The maximum atomic E-state index is 14.7. The average Bonchev–Trinajstić information content (AvgIpc) is 3.54. The van der Waals surface area contributed by atoms with E-state index in [9.17, 15) is 53.8 Å². The quantitative estimate of drug-likeness (QED) is 0.179. The normalized spacial score (nSPS) is 22.7. The van der Waals surface area contributed by atoms with Crippen LogP contribution in [0.5, 0.6) is 0 Å². The van der Waals surface area contributed by atoms with Gasteiger partial charge >= 0.3 is 18.3 Å². The Morgan fingerprint density at radius 1 is 0.840 bits per heavy atom. The van der Waals surface area contributed by atoms with Gasteiger partial charge in [-0.3, -0.25) is 9.59 Å². The molecule has 270 valence electrons. The van der Waals surface area contributed by atoms with Gasteiger partial charge in [0.1, 0.15) is 10.6 Å². The number of aliphatic carboxylic acids is 1. The molecule has 1 N–H and O–H groups in total. The maximum absolute atomic E-state index is 14.7. The summed E-state index contributed by atoms with van der Waals surface area (Å²) < 4.78 is 133. The third kappa shape index (κ3) is 6.61. The topological polar surface area (TPSA) is 101 Å². The minimum atomic E-state index is -6.01. The molecule has 1 heterocycles. The van der Waals surface area contributed by atoms with E-state index in [1.165, 1.54) is 35.2 Å². The number of ether oxygens (including phenoxy) is 1. The molecule has 15 heteroatoms. The summed E-state index contributed by atoms with van der Waals surface area (Å²) in [6, 6.07) is 13.6. The van der Waals surface area contributed by atoms with Gasteiger partial charge in [-0.05, 0) is 74.4 Å². The Bertz CT molecular complexity index is 1780. The average molecular weight is 730 g/mol. The van der Waals surface area contributed by atoms with Crippen LogP contribution in [-0.4, -0.2) is 55.7 Å². The van der Waals surface area contributed by atoms with Crippen LogP contribution in [0.15, 0.2) is 83.8 Å². The van der Waals surface area contributed by atoms with Crippen molar-refractivity contribution in [2.24, 2.45) is 11.8 Å². The van der Waals surface area contributed by atoms with Gasteiger partial charge < -0.3 is 14.7 Å². The van der Waals surface area contributed by atoms with Crippen LogP contribution in [0, 0.1) is 17.7 Å². The molecule has 0 unspecified atom stereocenters. The molecule has 1 aliphatic heterocycles. The number of amides is 1. The molecule has 5 rings (SSSR count). The maximum Gasteiger partial charge on any atom is 0.430 e. The van der Waals surface area contributed by atoms with Crippen molar-refractivity contribution in [2.45, 2.75) is 72.7 Å². The molecule has 2 fully saturated rings. The highest BCUT2D eigenvalue weighted by Crippen LogP contribution is 2.55. The number of sulfone groups is 1. The molecule has 1 aliphatic carbocycles. The second-order valence-corrected chi connectivity index (χ2v) is 15.0. The van der Waals surface area contributed by atoms with Crippen molar-refractivity contribution in [2.75, 3.05) is 13.1 Å². The number of halogens is 7. The zero-order chi connectivity index (χ0) is 36.7. The lowest BCUT2D eigenvalue weighted by Gasteiger charge is -2.39. The molecule has 3 aromatic carbocycles. The predicted molar refractivity (Wildman–Crippen MR) is 166 cm³/mol. The number of hydrogen-bond acceptors (Lipinski definition) is 5. The van der Waals surface area contributed by atoms with E-state index in [0.29, 0.717) is 12.1 Å². The molecule has 0 aromatic heterocycles. The Hall–Kier alpha value is -3.98. The largest absolute Gasteiger partial charge is 0.481 e. The van der Waals surface area contributed by atoms with Gasteiger partial charge in [0.2, 0.25) is 5.91 Å². The van der Waals surface area contributed by atoms with Crippen LogP contribution >= 0.6 is 0 Å². The third-order valence-electron chi connectivity index (χ3n) is 9.85. The summed E-state index contributed by atoms with van der Waals surface area (Å²) in [4.78, 5) is 25.9. The van der Waals surface area contributed by atoms with Crippen LogP contribution < -0.4 is 0 Å². The first-order chi connectivity index (χ1) is 23.3. The van der Waals surface area contributed by atoms with Crippen molar-refractivity contribution in [3.63, 3.8) is 0 Å². The number of hydrogen-bond donors (Lipinski definition) is 1. The van der Waals surface area contributed by atoms with E-state index in [-0.39, 0.29) is 54.7 Å². The molecular weight excluding hydrogens is 695 g/mol. The van der Waals surface area contributed by atoms with Crippen molar-refractivity contribution in [1.82, 2.24) is 4.90 Å². The number of carboxylic acid groups (broad SMARTS) is 1. The van der Waals surface area contributed by atoms with Crippen molar-refractivity contribution in [1.29, 1.82) is 0 Å². The molecule has 0 spiro atoms. The lowest BCUT2D eigenvalue weighted by Crippen LogP contribution is -2.56. The Morgan fingerprint density at radius 3 is 1.90 bits per heavy atom. The molecule has 1 saturated carbocycles. The van der Waals surface area contributed by atoms with Crippen molar-refractivity contribution < 1.29 is 58.6 Å². The fourth-order valence-electron chi connectivity index (χ4n) is 7.02. The Kier molecular flexibility index (Phi) is 10.2. The lowest BCUT2D eigenvalue weighted by molar-refractivity contribution is -0.399. The molecule has 7 nitrogen and oxygen atoms in total. The SMILES string of the molecule is C[C@H](OC(c1ccc([C@]2(S(=O)(=O)c3ccc(F)cc3)CCN(C(=O)C3CCC(C(=O)O)CC3)C2)cc1)(C(F)(F)F)C(F)(F)F)c1ccccc1. The Morgan fingerprint density at radius 2 is 1.38 bits per heavy atom. The summed E-state index contributed by atoms with van der Waals surface area (Å²) in [6.07, 6.45) is -13.0. The van der Waals surface area contributed by atoms with Gasteiger partial charge in [-0.25, -0.2) is 12.8 Å². The number of carbonyl (C=O) groups is 2. The molecule has 0 bridgehead atoms. The highest BCUT2D eigenvalue weighted by Gasteiger charge is 2.74. The smallest absolute Gasteiger partial charge is 0.430 e. The van der Waals surface area contributed by atoms with Crippen LogP contribution in [-0.2, 0) is 34.5 Å². The van der Waals surface area contributed by atoms with Crippen LogP contribution in [0.25, 0.3) is 0 Å². The molecule has 0 radical (unpaired) electrons. The number of benzene rings is 3. The molecular formula is C35H34F7NO6S. The monoisotopic (exact) mass is 729 g/mol. The van der Waals surface area contributed by atoms with E-state index < -0.39 is 80.3 Å². The second kappa shape index (κ2) is 13.6. The van der Waals surface area contributed by atoms with Gasteiger partial charge in [0.05, 0.1) is 16.9 Å². The Balaban J connectivity index is 1.57. The fraction of sp³-hybridized carbons (Fsp3) is 0.429. The Labute approximate surface area is 284 Å². The molecule has 3 aromatic rings. The zero-order valence-corrected chi connectivity index (χ0v) is 27.5. The molecule has 2 atom stereocenters. The third-order valence-corrected chi connectivity index (χ3v) is 12.3. The molecule has 50 heavy (non-hydrogen) atoms. The van der Waals surface area contributed by atoms with Crippen LogP contribution in [0.3, 0.4) is 0 Å². The van der Waals surface area contributed by atoms with Crippen LogP contribution in [0.4, 0.5) is 30.7 Å². The molecule has 1 saturated heterocycles. The van der Waals surface area contributed by atoms with Gasteiger partial charge in [-0.15, -0.1) is 0 Å². The first-order valence-electron chi connectivity index (χ1n) is 15.8. The van der Waals surface area contributed by atoms with E-state index in [2.05, 4.69) is 0 Å². The van der Waals surface area contributed by atoms with Gasteiger partial charge in [-0.1, -0.05) is 54.6 Å². The van der Waals surface area contributed by atoms with Gasteiger partial charge in [0, 0.05) is 24.6 Å². The van der Waals surface area contributed by atoms with Crippen molar-refractivity contribution in [3.05, 3.63) is 101 Å². The second-order valence-electron chi connectivity index (χ2n) is 12.8. The van der Waals surface area contributed by atoms with Crippen LogP contribution in [0.2, 0.25) is 0 Å². The summed E-state index contributed by atoms with van der Waals surface area (Å²) in [7, 11) is -4.56. The van der Waals surface area contributed by atoms with Gasteiger partial charge in [0.15, 0.2) is 9.84 Å². The highest BCUT2D eigenvalue weighted by atomic mass is 32.2. The standard InChI is InChI=1S/C35H34F7NO6S/c1-22(23-5-3-2-4-6-23)49-33(34(37,38)39,35(40,41)42)27-13-11-26(12-14-27)32(50(47,48)29-17-15-28(36)16-18-29)19-20-43(21-32)30(44)24-7-9-25(10-8-24)31(45)46/h2-6,11-18,22,24-25H,7-10,19-21H2,1H3,(H,45,46)/t22-,24?,25?,32-/m0/s1. The minimum Gasteiger partial charge on any atom is -0.481 e. The van der Waals surface area contributed by atoms with Gasteiger partial charge in [0.25, 0.3) is 5.60 Å². The first kappa shape index (κ1) is 37.3. The fourth-order valence-corrected chi connectivity index (χ4v) is 9.10. The van der Waals surface area contributed by atoms with Crippen molar-refractivity contribution in [3.8, 4) is 0 Å². The number of likely N-dealkylation sites (tertiary alicyclic amines) is 1. The molecule has 1 amide bonds. The summed E-state index contributed by atoms with van der Waals surface area (Å²) in [5.74, 6) is -3.37. The number of nitrogens with zero attached hydrogens (tertiary/aromatic N) is 1. The van der Waals surface area contributed by atoms with E-state index in [1.807, 2.05) is 0 Å². The lowest BCUT2D eigenvalue weighted by atomic mass is 9.81. The summed E-state index contributed by atoms with van der Waals surface area (Å²) >= 11 is 0. The number of alkyl halides is 6. The van der Waals surface area contributed by atoms with E-state index >= 15 is 0 Å². The molecule has 2 aliphatic rings. The number of rotatable bonds is 9. The van der Waals surface area contributed by atoms with Crippen LogP contribution in [0.1, 0.15) is 61.8 Å². The summed E-state index contributed by atoms with van der Waals surface area (Å²) in [5.41, 5.74) is -6.26. The number of carboxylic acids is 1. The minimum absolute atomic E-state index is 0.0542. The number of carbonyl (C=O) groups excluding carboxylic acids is 1. The van der Waals surface area contributed by atoms with E-state index in [0.717, 1.165) is 43.3 Å². The first-order valence-corrected chi connectivity index (χ1v) is 17.3. The highest BCUT2D eigenvalue weighted by molar-refractivity contribution is 7.92. The van der Waals surface area contributed by atoms with E-state index in [4.69, 9.17) is 4.74 Å². The van der Waals surface area contributed by atoms with Crippen molar-refractivity contribution >= 4 is 21.7 Å². The van der Waals surface area contributed by atoms with Gasteiger partial charge in [-0.2, -0.15) is 26.3 Å². The summed E-state index contributed by atoms with van der Waals surface area (Å²) in [6.45, 7) is 0.444.